The Balaban J connectivity index is 4.48. The molecule has 0 radical (unpaired) electrons. The van der Waals surface area contributed by atoms with Gasteiger partial charge in [-0.25, -0.2) is 4.79 Å². The molecule has 3 nitrogen and oxygen atoms in total. The normalized spacial score (nSPS) is 13.5. The summed E-state index contributed by atoms with van der Waals surface area (Å²) >= 11 is 0. The van der Waals surface area contributed by atoms with Crippen LogP contribution in [0.1, 0.15) is 33.1 Å². The summed E-state index contributed by atoms with van der Waals surface area (Å²) in [5.74, 6) is -0.284. The molecule has 0 amide bonds. The number of allylic oxidation sites excluding steroid dienone is 3. The number of carbonyl (C=O) groups is 1. The largest absolute Gasteiger partial charge is 0.463 e. The van der Waals surface area contributed by atoms with Crippen LogP contribution in [-0.2, 0) is 9.53 Å². The van der Waals surface area contributed by atoms with Gasteiger partial charge in [-0.2, -0.15) is 0 Å². The van der Waals surface area contributed by atoms with Gasteiger partial charge >= 0.3 is 5.97 Å². The van der Waals surface area contributed by atoms with Crippen molar-refractivity contribution >= 4 is 5.97 Å². The maximum Gasteiger partial charge on any atom is 0.330 e. The molecule has 21 heavy (non-hydrogen) atoms. The lowest BCUT2D eigenvalue weighted by Gasteiger charge is -2.21. The third-order valence-electron chi connectivity index (χ3n) is 3.18. The van der Waals surface area contributed by atoms with Gasteiger partial charge in [0.2, 0.25) is 0 Å². The molecule has 3 heteroatoms. The fraction of sp³-hybridized carbons (Fsp3) is 0.500. The van der Waals surface area contributed by atoms with Crippen LogP contribution in [0.15, 0.2) is 48.6 Å². The zero-order valence-electron chi connectivity index (χ0n) is 13.9. The van der Waals surface area contributed by atoms with E-state index in [0.29, 0.717) is 6.61 Å². The Morgan fingerprint density at radius 1 is 1.38 bits per heavy atom. The minimum atomic E-state index is -0.284. The number of ether oxygens (including phenoxy) is 1. The second-order valence-corrected chi connectivity index (χ2v) is 5.30. The Labute approximate surface area is 129 Å². The summed E-state index contributed by atoms with van der Waals surface area (Å²) in [6.45, 7) is 11.9. The number of likely N-dealkylation sites (N-methyl/N-ethyl adjacent to an activating group) is 1. The molecule has 118 valence electrons. The number of hydrogen-bond donors (Lipinski definition) is 0. The van der Waals surface area contributed by atoms with Crippen LogP contribution in [0.3, 0.4) is 0 Å². The number of carbonyl (C=O) groups excluding carboxylic acids is 1. The fourth-order valence-corrected chi connectivity index (χ4v) is 1.82. The first-order chi connectivity index (χ1) is 9.90. The van der Waals surface area contributed by atoms with Crippen LogP contribution in [-0.4, -0.2) is 37.6 Å². The van der Waals surface area contributed by atoms with E-state index in [0.717, 1.165) is 24.8 Å². The average Bonchev–Trinajstić information content (AvgIpc) is 2.43. The Bertz CT molecular complexity index is 405. The molecule has 0 aliphatic heterocycles. The number of nitrogens with zero attached hydrogens (tertiary/aromatic N) is 1. The molecule has 0 aliphatic carbocycles. The van der Waals surface area contributed by atoms with E-state index in [1.54, 1.807) is 13.0 Å². The molecule has 0 rings (SSSR count). The summed E-state index contributed by atoms with van der Waals surface area (Å²) in [6, 6.07) is 0.188. The molecule has 1 unspecified atom stereocenters. The van der Waals surface area contributed by atoms with Crippen molar-refractivity contribution in [3.63, 3.8) is 0 Å². The Kier molecular flexibility index (Phi) is 10.2. The fourth-order valence-electron chi connectivity index (χ4n) is 1.82. The van der Waals surface area contributed by atoms with E-state index in [9.17, 15) is 4.79 Å². The zero-order valence-corrected chi connectivity index (χ0v) is 13.9. The summed E-state index contributed by atoms with van der Waals surface area (Å²) in [5, 5.41) is 0. The van der Waals surface area contributed by atoms with Crippen molar-refractivity contribution < 1.29 is 9.53 Å². The molecule has 0 aromatic carbocycles. The van der Waals surface area contributed by atoms with Gasteiger partial charge in [0.25, 0.3) is 0 Å². The third kappa shape index (κ3) is 9.85. The minimum Gasteiger partial charge on any atom is -0.463 e. The van der Waals surface area contributed by atoms with Crippen LogP contribution in [0.4, 0.5) is 0 Å². The van der Waals surface area contributed by atoms with Gasteiger partial charge in [0.15, 0.2) is 0 Å². The topological polar surface area (TPSA) is 29.5 Å². The van der Waals surface area contributed by atoms with Crippen molar-refractivity contribution in [3.8, 4) is 0 Å². The molecule has 0 heterocycles. The summed E-state index contributed by atoms with van der Waals surface area (Å²) in [6.07, 6.45) is 10.2. The standard InChI is InChI=1S/C18H29NO2/c1-7-15(3)10-9-11-16(4)14-17(19(5)6)12-13-18(20)21-8-2/h7,11-13,17H,1,3,8-10,14H2,2,4-6H3/b13-12+,16-11-. The van der Waals surface area contributed by atoms with Gasteiger partial charge < -0.3 is 9.64 Å². The van der Waals surface area contributed by atoms with Gasteiger partial charge in [0, 0.05) is 12.1 Å². The molecular weight excluding hydrogens is 262 g/mol. The van der Waals surface area contributed by atoms with Crippen LogP contribution in [0, 0.1) is 0 Å². The predicted molar refractivity (Wildman–Crippen MR) is 90.2 cm³/mol. The van der Waals surface area contributed by atoms with Crippen LogP contribution < -0.4 is 0 Å². The van der Waals surface area contributed by atoms with Crippen LogP contribution in [0.5, 0.6) is 0 Å². The lowest BCUT2D eigenvalue weighted by Crippen LogP contribution is -2.26. The van der Waals surface area contributed by atoms with E-state index < -0.39 is 0 Å². The highest BCUT2D eigenvalue weighted by atomic mass is 16.5. The third-order valence-corrected chi connectivity index (χ3v) is 3.18. The molecule has 0 saturated heterocycles. The number of hydrogen-bond acceptors (Lipinski definition) is 3. The Hall–Kier alpha value is -1.61. The van der Waals surface area contributed by atoms with E-state index in [1.165, 1.54) is 11.6 Å². The average molecular weight is 291 g/mol. The first kappa shape index (κ1) is 19.4. The van der Waals surface area contributed by atoms with E-state index in [4.69, 9.17) is 4.74 Å². The molecule has 0 spiro atoms. The highest BCUT2D eigenvalue weighted by Gasteiger charge is 2.09. The van der Waals surface area contributed by atoms with Crippen LogP contribution in [0.2, 0.25) is 0 Å². The quantitative estimate of drug-likeness (QED) is 0.265. The second kappa shape index (κ2) is 11.1. The number of rotatable bonds is 10. The maximum absolute atomic E-state index is 11.4. The molecule has 0 bridgehead atoms. The molecule has 0 saturated carbocycles. The van der Waals surface area contributed by atoms with Crippen LogP contribution >= 0.6 is 0 Å². The van der Waals surface area contributed by atoms with E-state index in [2.05, 4.69) is 31.1 Å². The van der Waals surface area contributed by atoms with Crippen molar-refractivity contribution in [2.45, 2.75) is 39.2 Å². The monoisotopic (exact) mass is 291 g/mol. The van der Waals surface area contributed by atoms with Gasteiger partial charge in [0.1, 0.15) is 0 Å². The van der Waals surface area contributed by atoms with Gasteiger partial charge in [-0.05, 0) is 47.2 Å². The van der Waals surface area contributed by atoms with Gasteiger partial charge in [-0.15, -0.1) is 0 Å². The van der Waals surface area contributed by atoms with Gasteiger partial charge in [0.05, 0.1) is 6.61 Å². The van der Waals surface area contributed by atoms with E-state index >= 15 is 0 Å². The van der Waals surface area contributed by atoms with E-state index in [1.807, 2.05) is 20.2 Å². The van der Waals surface area contributed by atoms with Crippen molar-refractivity contribution in [1.82, 2.24) is 4.90 Å². The first-order valence-corrected chi connectivity index (χ1v) is 7.37. The maximum atomic E-state index is 11.4. The van der Waals surface area contributed by atoms with Crippen molar-refractivity contribution in [3.05, 3.63) is 48.6 Å². The summed E-state index contributed by atoms with van der Waals surface area (Å²) < 4.78 is 4.90. The smallest absolute Gasteiger partial charge is 0.330 e. The van der Waals surface area contributed by atoms with Gasteiger partial charge in [-0.3, -0.25) is 0 Å². The zero-order chi connectivity index (χ0) is 16.3. The lowest BCUT2D eigenvalue weighted by atomic mass is 10.0. The molecule has 0 aromatic heterocycles. The molecular formula is C18H29NO2. The highest BCUT2D eigenvalue weighted by Crippen LogP contribution is 2.13. The van der Waals surface area contributed by atoms with Gasteiger partial charge in [-0.1, -0.05) is 42.5 Å². The lowest BCUT2D eigenvalue weighted by molar-refractivity contribution is -0.137. The Morgan fingerprint density at radius 3 is 2.57 bits per heavy atom. The Morgan fingerprint density at radius 2 is 2.05 bits per heavy atom. The minimum absolute atomic E-state index is 0.188. The van der Waals surface area contributed by atoms with Crippen molar-refractivity contribution in [2.24, 2.45) is 0 Å². The first-order valence-electron chi connectivity index (χ1n) is 7.37. The second-order valence-electron chi connectivity index (χ2n) is 5.30. The molecule has 0 N–H and O–H groups in total. The summed E-state index contributed by atoms with van der Waals surface area (Å²) in [5.41, 5.74) is 2.37. The van der Waals surface area contributed by atoms with Crippen molar-refractivity contribution in [2.75, 3.05) is 20.7 Å². The number of esters is 1. The summed E-state index contributed by atoms with van der Waals surface area (Å²) in [4.78, 5) is 13.5. The SMILES string of the molecule is C=CC(=C)CC/C=C(/C)CC(/C=C/C(=O)OCC)N(C)C. The van der Waals surface area contributed by atoms with E-state index in [-0.39, 0.29) is 12.0 Å². The van der Waals surface area contributed by atoms with Crippen LogP contribution in [0.25, 0.3) is 0 Å². The highest BCUT2D eigenvalue weighted by molar-refractivity contribution is 5.81. The molecule has 0 fully saturated rings. The summed E-state index contributed by atoms with van der Waals surface area (Å²) in [7, 11) is 4.01. The predicted octanol–water partition coefficient (Wildman–Crippen LogP) is 3.89. The molecule has 1 atom stereocenters. The molecule has 0 aromatic rings. The molecule has 0 aliphatic rings. The van der Waals surface area contributed by atoms with Crippen molar-refractivity contribution in [1.29, 1.82) is 0 Å².